The molecule has 1 aromatic heterocycles. The summed E-state index contributed by atoms with van der Waals surface area (Å²) in [4.78, 5) is 19.5. The van der Waals surface area contributed by atoms with E-state index in [1.165, 1.54) is 43.5 Å². The average Bonchev–Trinajstić information content (AvgIpc) is 3.41. The van der Waals surface area contributed by atoms with E-state index < -0.39 is 11.7 Å². The summed E-state index contributed by atoms with van der Waals surface area (Å²) in [5.74, 6) is 1.45. The second-order valence-corrected chi connectivity index (χ2v) is 8.50. The first-order valence-corrected chi connectivity index (χ1v) is 10.7. The Balaban J connectivity index is 1.25. The largest absolute Gasteiger partial charge is 0.416 e. The lowest BCUT2D eigenvalue weighted by atomic mass is 10.1. The van der Waals surface area contributed by atoms with Crippen LogP contribution in [0.4, 0.5) is 24.7 Å². The van der Waals surface area contributed by atoms with E-state index in [9.17, 15) is 18.0 Å². The first-order chi connectivity index (χ1) is 15.3. The molecule has 1 aliphatic heterocycles. The van der Waals surface area contributed by atoms with Gasteiger partial charge < -0.3 is 10.2 Å². The Morgan fingerprint density at radius 2 is 1.88 bits per heavy atom. The van der Waals surface area contributed by atoms with Crippen molar-refractivity contribution in [1.82, 2.24) is 4.98 Å². The third kappa shape index (κ3) is 4.20. The van der Waals surface area contributed by atoms with Gasteiger partial charge in [-0.1, -0.05) is 12.1 Å². The molecule has 2 fully saturated rings. The summed E-state index contributed by atoms with van der Waals surface area (Å²) in [6, 6.07) is 14.9. The van der Waals surface area contributed by atoms with Crippen LogP contribution in [-0.4, -0.2) is 23.5 Å². The molecule has 32 heavy (non-hydrogen) atoms. The molecule has 2 bridgehead atoms. The number of fused-ring (bicyclic) bond motifs is 3. The fourth-order valence-electron chi connectivity index (χ4n) is 4.70. The lowest BCUT2D eigenvalue weighted by Crippen LogP contribution is -2.32. The third-order valence-corrected chi connectivity index (χ3v) is 6.31. The van der Waals surface area contributed by atoms with Gasteiger partial charge in [0.1, 0.15) is 5.82 Å². The number of nitrogens with zero attached hydrogens (tertiary/aromatic N) is 2. The van der Waals surface area contributed by atoms with E-state index in [1.807, 2.05) is 24.3 Å². The number of benzene rings is 2. The van der Waals surface area contributed by atoms with E-state index in [2.05, 4.69) is 10.2 Å². The van der Waals surface area contributed by atoms with Gasteiger partial charge in [0, 0.05) is 29.7 Å². The summed E-state index contributed by atoms with van der Waals surface area (Å²) in [5.41, 5.74) is 1.31. The van der Waals surface area contributed by atoms with Crippen LogP contribution < -0.4 is 10.2 Å². The molecule has 2 heterocycles. The maximum absolute atomic E-state index is 12.6. The highest BCUT2D eigenvalue weighted by atomic mass is 19.4. The molecule has 7 heteroatoms. The van der Waals surface area contributed by atoms with Gasteiger partial charge in [-0.15, -0.1) is 0 Å². The molecule has 4 nitrogen and oxygen atoms in total. The summed E-state index contributed by atoms with van der Waals surface area (Å²) in [6.07, 6.45) is 2.25. The van der Waals surface area contributed by atoms with Crippen molar-refractivity contribution >= 4 is 34.4 Å². The number of amides is 1. The molecule has 5 rings (SSSR count). The molecule has 1 saturated heterocycles. The first kappa shape index (κ1) is 20.5. The number of rotatable bonds is 4. The summed E-state index contributed by atoms with van der Waals surface area (Å²) in [6.45, 7) is 1.09. The Labute approximate surface area is 183 Å². The zero-order chi connectivity index (χ0) is 22.3. The summed E-state index contributed by atoms with van der Waals surface area (Å²) in [7, 11) is 0. The van der Waals surface area contributed by atoms with Crippen molar-refractivity contribution in [3.05, 3.63) is 71.8 Å². The number of hydrogen-bond donors (Lipinski definition) is 1. The van der Waals surface area contributed by atoms with E-state index in [-0.39, 0.29) is 5.91 Å². The summed E-state index contributed by atoms with van der Waals surface area (Å²) >= 11 is 0. The normalized spacial score (nSPS) is 20.4. The van der Waals surface area contributed by atoms with Crippen LogP contribution in [-0.2, 0) is 11.0 Å². The maximum Gasteiger partial charge on any atom is 0.416 e. The first-order valence-electron chi connectivity index (χ1n) is 10.7. The number of alkyl halides is 3. The van der Waals surface area contributed by atoms with Crippen molar-refractivity contribution in [1.29, 1.82) is 0 Å². The number of hydrogen-bond acceptors (Lipinski definition) is 3. The van der Waals surface area contributed by atoms with Gasteiger partial charge in [0.2, 0.25) is 5.91 Å². The molecule has 2 aliphatic rings. The molecular weight excluding hydrogens is 415 g/mol. The highest BCUT2D eigenvalue weighted by molar-refractivity contribution is 6.03. The van der Waals surface area contributed by atoms with Crippen LogP contribution in [0.1, 0.15) is 30.4 Å². The Bertz CT molecular complexity index is 1190. The van der Waals surface area contributed by atoms with Gasteiger partial charge >= 0.3 is 6.18 Å². The third-order valence-electron chi connectivity index (χ3n) is 6.31. The number of pyridine rings is 1. The van der Waals surface area contributed by atoms with Gasteiger partial charge in [-0.3, -0.25) is 4.79 Å². The predicted molar refractivity (Wildman–Crippen MR) is 119 cm³/mol. The Hall–Kier alpha value is -3.35. The van der Waals surface area contributed by atoms with Crippen LogP contribution in [0.15, 0.2) is 60.7 Å². The highest BCUT2D eigenvalue weighted by Crippen LogP contribution is 2.40. The minimum Gasteiger partial charge on any atom is -0.353 e. The molecule has 3 aromatic rings. The zero-order valence-electron chi connectivity index (χ0n) is 17.3. The van der Waals surface area contributed by atoms with Gasteiger partial charge in [0.25, 0.3) is 0 Å². The average molecular weight is 437 g/mol. The summed E-state index contributed by atoms with van der Waals surface area (Å²) in [5, 5.41) is 3.72. The maximum atomic E-state index is 12.6. The molecule has 1 amide bonds. The number of aromatic nitrogens is 1. The molecular formula is C25H22F3N3O. The van der Waals surface area contributed by atoms with E-state index in [4.69, 9.17) is 4.98 Å². The number of anilines is 2. The van der Waals surface area contributed by atoms with Crippen LogP contribution in [0.5, 0.6) is 0 Å². The van der Waals surface area contributed by atoms with Crippen molar-refractivity contribution in [2.24, 2.45) is 5.92 Å². The van der Waals surface area contributed by atoms with Crippen molar-refractivity contribution in [3.63, 3.8) is 0 Å². The van der Waals surface area contributed by atoms with Gasteiger partial charge in [-0.05, 0) is 79.3 Å². The van der Waals surface area contributed by atoms with E-state index in [0.29, 0.717) is 17.3 Å². The highest BCUT2D eigenvalue weighted by Gasteiger charge is 2.38. The van der Waals surface area contributed by atoms with Crippen molar-refractivity contribution in [2.75, 3.05) is 16.8 Å². The van der Waals surface area contributed by atoms with E-state index >= 15 is 0 Å². The monoisotopic (exact) mass is 437 g/mol. The van der Waals surface area contributed by atoms with Crippen molar-refractivity contribution < 1.29 is 18.0 Å². The standard InChI is InChI=1S/C25H22F3N3O/c26-25(27,28)19-6-1-16(2-7-19)4-12-24(32)29-20-8-10-22-18(14-20)5-11-23(30-22)31-15-17-3-9-21(31)13-17/h1-2,4-8,10-12,14,17,21H,3,9,13,15H2,(H,29,32). The Morgan fingerprint density at radius 1 is 1.06 bits per heavy atom. The molecule has 0 radical (unpaired) electrons. The van der Waals surface area contributed by atoms with Gasteiger partial charge in [-0.2, -0.15) is 13.2 Å². The second kappa shape index (κ2) is 7.97. The summed E-state index contributed by atoms with van der Waals surface area (Å²) < 4.78 is 37.9. The lowest BCUT2D eigenvalue weighted by molar-refractivity contribution is -0.137. The fourth-order valence-corrected chi connectivity index (χ4v) is 4.70. The minimum atomic E-state index is -4.38. The Morgan fingerprint density at radius 3 is 2.56 bits per heavy atom. The van der Waals surface area contributed by atoms with Crippen LogP contribution in [0.25, 0.3) is 17.0 Å². The number of carbonyl (C=O) groups is 1. The van der Waals surface area contributed by atoms with Crippen LogP contribution in [0.3, 0.4) is 0 Å². The number of nitrogens with one attached hydrogen (secondary N) is 1. The van der Waals surface area contributed by atoms with Crippen LogP contribution in [0, 0.1) is 5.92 Å². The molecule has 2 aromatic carbocycles. The second-order valence-electron chi connectivity index (χ2n) is 8.50. The topological polar surface area (TPSA) is 45.2 Å². The smallest absolute Gasteiger partial charge is 0.353 e. The fraction of sp³-hybridized carbons (Fsp3) is 0.280. The molecule has 1 aliphatic carbocycles. The van der Waals surface area contributed by atoms with Gasteiger partial charge in [0.15, 0.2) is 0 Å². The molecule has 1 saturated carbocycles. The van der Waals surface area contributed by atoms with Crippen molar-refractivity contribution in [3.8, 4) is 0 Å². The van der Waals surface area contributed by atoms with E-state index in [0.717, 1.165) is 41.3 Å². The molecule has 0 spiro atoms. The quantitative estimate of drug-likeness (QED) is 0.518. The van der Waals surface area contributed by atoms with Crippen LogP contribution >= 0.6 is 0 Å². The van der Waals surface area contributed by atoms with E-state index in [1.54, 1.807) is 6.07 Å². The van der Waals surface area contributed by atoms with Crippen LogP contribution in [0.2, 0.25) is 0 Å². The lowest BCUT2D eigenvalue weighted by Gasteiger charge is -2.28. The SMILES string of the molecule is O=C(C=Cc1ccc(C(F)(F)F)cc1)Nc1ccc2nc(N3CC4CCC3C4)ccc2c1. The molecule has 1 N–H and O–H groups in total. The minimum absolute atomic E-state index is 0.359. The predicted octanol–water partition coefficient (Wildman–Crippen LogP) is 5.89. The number of halogens is 3. The Kier molecular flexibility index (Phi) is 5.12. The zero-order valence-corrected chi connectivity index (χ0v) is 17.3. The number of piperidine rings is 1. The van der Waals surface area contributed by atoms with Gasteiger partial charge in [-0.25, -0.2) is 4.98 Å². The number of carbonyl (C=O) groups excluding carboxylic acids is 1. The molecule has 2 atom stereocenters. The van der Waals surface area contributed by atoms with Crippen molar-refractivity contribution in [2.45, 2.75) is 31.5 Å². The molecule has 164 valence electrons. The van der Waals surface area contributed by atoms with Gasteiger partial charge in [0.05, 0.1) is 11.1 Å². The molecule has 2 unspecified atom stereocenters.